The van der Waals surface area contributed by atoms with Crippen LogP contribution in [0.4, 0.5) is 0 Å². The van der Waals surface area contributed by atoms with Crippen molar-refractivity contribution in [1.29, 1.82) is 0 Å². The van der Waals surface area contributed by atoms with Gasteiger partial charge in [-0.25, -0.2) is 5.09 Å². The first-order valence-corrected chi connectivity index (χ1v) is 6.76. The number of rotatable bonds is 7. The van der Waals surface area contributed by atoms with E-state index in [0.717, 1.165) is 12.8 Å². The summed E-state index contributed by atoms with van der Waals surface area (Å²) in [6.45, 7) is 4.96. The van der Waals surface area contributed by atoms with E-state index in [4.69, 9.17) is 11.0 Å². The van der Waals surface area contributed by atoms with E-state index < -0.39 is 7.59 Å². The monoisotopic (exact) mass is 207 g/mol. The van der Waals surface area contributed by atoms with Crippen molar-refractivity contribution in [3.8, 4) is 0 Å². The Balaban J connectivity index is 3.65. The van der Waals surface area contributed by atoms with Crippen LogP contribution in [0.25, 0.3) is 0 Å². The molecule has 13 heavy (non-hydrogen) atoms. The zero-order chi connectivity index (χ0) is 10.3. The smallest absolute Gasteiger partial charge is 0.271 e. The third-order valence-corrected chi connectivity index (χ3v) is 2.85. The van der Waals surface area contributed by atoms with Crippen molar-refractivity contribution < 1.29 is 4.57 Å². The van der Waals surface area contributed by atoms with Crippen molar-refractivity contribution in [3.63, 3.8) is 0 Å². The third-order valence-electron chi connectivity index (χ3n) is 2.17. The Labute approximate surface area is 81.0 Å². The predicted molar refractivity (Wildman–Crippen MR) is 57.3 cm³/mol. The molecule has 0 amide bonds. The molecule has 0 heterocycles. The minimum Gasteiger partial charge on any atom is -0.271 e. The first-order valence-electron chi connectivity index (χ1n) is 4.92. The van der Waals surface area contributed by atoms with Crippen molar-refractivity contribution in [1.82, 2.24) is 5.09 Å². The van der Waals surface area contributed by atoms with Gasteiger partial charge in [-0.1, -0.05) is 33.1 Å². The molecule has 0 aromatic heterocycles. The normalized spacial score (nSPS) is 14.5. The highest BCUT2D eigenvalue weighted by molar-refractivity contribution is 7.56. The maximum atomic E-state index is 11.0. The molecule has 0 saturated heterocycles. The predicted octanol–water partition coefficient (Wildman–Crippen LogP) is 1.82. The van der Waals surface area contributed by atoms with Gasteiger partial charge in [0, 0.05) is 6.54 Å². The lowest BCUT2D eigenvalue weighted by Gasteiger charge is -2.16. The van der Waals surface area contributed by atoms with Crippen LogP contribution in [0.1, 0.15) is 39.5 Å². The molecule has 0 fully saturated rings. The van der Waals surface area contributed by atoms with Gasteiger partial charge in [-0.15, -0.1) is 0 Å². The zero-order valence-electron chi connectivity index (χ0n) is 8.62. The number of hydrogen-bond donors (Lipinski definition) is 3. The molecule has 0 aliphatic rings. The molecule has 80 valence electrons. The van der Waals surface area contributed by atoms with E-state index in [-0.39, 0.29) is 0 Å². The molecule has 0 bridgehead atoms. The van der Waals surface area contributed by atoms with Crippen LogP contribution in [0.3, 0.4) is 0 Å². The van der Waals surface area contributed by atoms with Gasteiger partial charge in [0.15, 0.2) is 0 Å². The van der Waals surface area contributed by atoms with E-state index in [0.29, 0.717) is 12.5 Å². The molecule has 0 aromatic carbocycles. The summed E-state index contributed by atoms with van der Waals surface area (Å²) in [7, 11) is -3.01. The lowest BCUT2D eigenvalue weighted by atomic mass is 10.00. The highest BCUT2D eigenvalue weighted by Gasteiger charge is 2.11. The molecular formula is C8H22N3OP. The van der Waals surface area contributed by atoms with Crippen LogP contribution in [0.15, 0.2) is 0 Å². The quantitative estimate of drug-likeness (QED) is 0.556. The molecule has 0 aliphatic heterocycles. The fraction of sp³-hybridized carbons (Fsp3) is 1.00. The van der Waals surface area contributed by atoms with Crippen LogP contribution in [0, 0.1) is 5.92 Å². The SMILES string of the molecule is CCCCC(CC)CNP(N)(N)=O. The summed E-state index contributed by atoms with van der Waals surface area (Å²) < 4.78 is 11.0. The summed E-state index contributed by atoms with van der Waals surface area (Å²) >= 11 is 0. The van der Waals surface area contributed by atoms with Gasteiger partial charge in [0.1, 0.15) is 0 Å². The van der Waals surface area contributed by atoms with Gasteiger partial charge in [0.25, 0.3) is 7.59 Å². The number of hydrogen-bond acceptors (Lipinski definition) is 1. The van der Waals surface area contributed by atoms with Crippen molar-refractivity contribution >= 4 is 7.59 Å². The fourth-order valence-corrected chi connectivity index (χ4v) is 1.76. The van der Waals surface area contributed by atoms with Gasteiger partial charge < -0.3 is 0 Å². The molecular weight excluding hydrogens is 185 g/mol. The molecule has 4 nitrogen and oxygen atoms in total. The second kappa shape index (κ2) is 6.55. The van der Waals surface area contributed by atoms with Gasteiger partial charge in [0.2, 0.25) is 0 Å². The number of nitrogens with one attached hydrogen (secondary N) is 1. The highest BCUT2D eigenvalue weighted by atomic mass is 31.2. The van der Waals surface area contributed by atoms with Crippen LogP contribution in [-0.2, 0) is 4.57 Å². The average molecular weight is 207 g/mol. The highest BCUT2D eigenvalue weighted by Crippen LogP contribution is 2.20. The zero-order valence-corrected chi connectivity index (χ0v) is 9.52. The molecule has 0 aliphatic carbocycles. The van der Waals surface area contributed by atoms with Gasteiger partial charge in [-0.3, -0.25) is 15.6 Å². The molecule has 1 unspecified atom stereocenters. The van der Waals surface area contributed by atoms with Crippen LogP contribution < -0.4 is 16.1 Å². The maximum absolute atomic E-state index is 11.0. The first kappa shape index (κ1) is 13.1. The number of unbranched alkanes of at least 4 members (excludes halogenated alkanes) is 1. The van der Waals surface area contributed by atoms with E-state index >= 15 is 0 Å². The summed E-state index contributed by atoms with van der Waals surface area (Å²) in [4.78, 5) is 0. The molecule has 0 spiro atoms. The van der Waals surface area contributed by atoms with E-state index in [9.17, 15) is 4.57 Å². The van der Waals surface area contributed by atoms with Gasteiger partial charge >= 0.3 is 0 Å². The molecule has 0 radical (unpaired) electrons. The summed E-state index contributed by atoms with van der Waals surface area (Å²) in [6.07, 6.45) is 4.63. The topological polar surface area (TPSA) is 81.1 Å². The first-order chi connectivity index (χ1) is 5.99. The maximum Gasteiger partial charge on any atom is 0.273 e. The third kappa shape index (κ3) is 8.44. The second-order valence-electron chi connectivity index (χ2n) is 3.49. The van der Waals surface area contributed by atoms with Crippen molar-refractivity contribution in [2.75, 3.05) is 6.54 Å². The number of nitrogens with two attached hydrogens (primary N) is 2. The van der Waals surface area contributed by atoms with Gasteiger partial charge in [-0.2, -0.15) is 0 Å². The van der Waals surface area contributed by atoms with E-state index in [1.807, 2.05) is 0 Å². The molecule has 5 N–H and O–H groups in total. The van der Waals surface area contributed by atoms with Crippen LogP contribution in [0.2, 0.25) is 0 Å². The van der Waals surface area contributed by atoms with Crippen LogP contribution >= 0.6 is 7.59 Å². The lowest BCUT2D eigenvalue weighted by molar-refractivity contribution is 0.443. The Morgan fingerprint density at radius 1 is 1.38 bits per heavy atom. The average Bonchev–Trinajstić information content (AvgIpc) is 2.03. The van der Waals surface area contributed by atoms with Crippen molar-refractivity contribution in [2.24, 2.45) is 16.9 Å². The molecule has 0 rings (SSSR count). The minimum atomic E-state index is -3.01. The fourth-order valence-electron chi connectivity index (χ4n) is 1.22. The Bertz CT molecular complexity index is 169. The molecule has 5 heteroatoms. The summed E-state index contributed by atoms with van der Waals surface area (Å²) in [5, 5.41) is 2.69. The summed E-state index contributed by atoms with van der Waals surface area (Å²) in [5.74, 6) is 0.542. The Hall–Kier alpha value is 0.110. The lowest BCUT2D eigenvalue weighted by Crippen LogP contribution is -2.27. The Kier molecular flexibility index (Phi) is 6.60. The molecule has 0 aromatic rings. The van der Waals surface area contributed by atoms with Crippen LogP contribution in [-0.4, -0.2) is 6.54 Å². The van der Waals surface area contributed by atoms with E-state index in [1.54, 1.807) is 0 Å². The summed E-state index contributed by atoms with van der Waals surface area (Å²) in [5.41, 5.74) is 10.4. The van der Waals surface area contributed by atoms with Crippen LogP contribution in [0.5, 0.6) is 0 Å². The molecule has 1 atom stereocenters. The standard InChI is InChI=1S/C8H22N3OP/c1-3-5-6-8(4-2)7-11-13(9,10)12/h8H,3-7H2,1-2H3,(H5,9,10,11,12). The second-order valence-corrected chi connectivity index (χ2v) is 5.22. The van der Waals surface area contributed by atoms with Crippen molar-refractivity contribution in [2.45, 2.75) is 39.5 Å². The van der Waals surface area contributed by atoms with Crippen molar-refractivity contribution in [3.05, 3.63) is 0 Å². The van der Waals surface area contributed by atoms with Gasteiger partial charge in [0.05, 0.1) is 0 Å². The minimum absolute atomic E-state index is 0.542. The Morgan fingerprint density at radius 2 is 2.00 bits per heavy atom. The largest absolute Gasteiger partial charge is 0.273 e. The van der Waals surface area contributed by atoms with E-state index in [2.05, 4.69) is 18.9 Å². The van der Waals surface area contributed by atoms with E-state index in [1.165, 1.54) is 12.8 Å². The Morgan fingerprint density at radius 3 is 2.38 bits per heavy atom. The molecule has 0 saturated carbocycles. The summed E-state index contributed by atoms with van der Waals surface area (Å²) in [6, 6.07) is 0. The van der Waals surface area contributed by atoms with Gasteiger partial charge in [-0.05, 0) is 12.3 Å².